The van der Waals surface area contributed by atoms with Crippen LogP contribution in [0.3, 0.4) is 0 Å². The fourth-order valence-electron chi connectivity index (χ4n) is 3.80. The lowest BCUT2D eigenvalue weighted by atomic mass is 9.88. The minimum Gasteiger partial charge on any atom is -0.395 e. The molecule has 28 heavy (non-hydrogen) atoms. The van der Waals surface area contributed by atoms with Gasteiger partial charge in [-0.15, -0.1) is 0 Å². The summed E-state index contributed by atoms with van der Waals surface area (Å²) >= 11 is 0. The van der Waals surface area contributed by atoms with Crippen LogP contribution in [0, 0.1) is 0 Å². The maximum Gasteiger partial charge on any atom is 0.163 e. The molecule has 0 fully saturated rings. The molecule has 2 aromatic carbocycles. The fourth-order valence-corrected chi connectivity index (χ4v) is 3.80. The number of aliphatic hydroxyl groups excluding tert-OH is 1. The van der Waals surface area contributed by atoms with Gasteiger partial charge in [0.2, 0.25) is 0 Å². The molecule has 0 spiro atoms. The fraction of sp³-hybridized carbons (Fsp3) is 0.280. The summed E-state index contributed by atoms with van der Waals surface area (Å²) in [6.45, 7) is 3.91. The van der Waals surface area contributed by atoms with E-state index >= 15 is 0 Å². The van der Waals surface area contributed by atoms with Crippen LogP contribution in [-0.2, 0) is 4.79 Å². The molecule has 3 heteroatoms. The molecule has 3 rings (SSSR count). The molecule has 1 unspecified atom stereocenters. The predicted octanol–water partition coefficient (Wildman–Crippen LogP) is 5.01. The van der Waals surface area contributed by atoms with Gasteiger partial charge in [0.05, 0.1) is 6.61 Å². The summed E-state index contributed by atoms with van der Waals surface area (Å²) in [6.07, 6.45) is 3.30. The predicted molar refractivity (Wildman–Crippen MR) is 111 cm³/mol. The van der Waals surface area contributed by atoms with Crippen molar-refractivity contribution in [3.63, 3.8) is 0 Å². The Morgan fingerprint density at radius 2 is 1.64 bits per heavy atom. The first-order valence-corrected chi connectivity index (χ1v) is 9.68. The van der Waals surface area contributed by atoms with Crippen molar-refractivity contribution in [3.05, 3.63) is 94.1 Å². The van der Waals surface area contributed by atoms with E-state index in [-0.39, 0.29) is 24.1 Å². The molecule has 0 saturated heterocycles. The normalized spacial score (nSPS) is 15.4. The zero-order valence-corrected chi connectivity index (χ0v) is 16.4. The molecule has 1 atom stereocenters. The van der Waals surface area contributed by atoms with E-state index < -0.39 is 0 Å². The lowest BCUT2D eigenvalue weighted by molar-refractivity contribution is -0.115. The third-order valence-corrected chi connectivity index (χ3v) is 5.34. The highest BCUT2D eigenvalue weighted by Crippen LogP contribution is 2.26. The van der Waals surface area contributed by atoms with E-state index in [0.29, 0.717) is 24.8 Å². The van der Waals surface area contributed by atoms with Crippen LogP contribution in [0.1, 0.15) is 60.5 Å². The Balaban J connectivity index is 1.69. The molecule has 3 nitrogen and oxygen atoms in total. The van der Waals surface area contributed by atoms with Crippen LogP contribution in [0.25, 0.3) is 0 Å². The number of carbonyl (C=O) groups excluding carboxylic acids is 2. The third-order valence-electron chi connectivity index (χ3n) is 5.34. The van der Waals surface area contributed by atoms with Crippen LogP contribution in [0.5, 0.6) is 0 Å². The highest BCUT2D eigenvalue weighted by Gasteiger charge is 2.19. The Hall–Kier alpha value is -2.78. The number of rotatable bonds is 7. The van der Waals surface area contributed by atoms with Crippen LogP contribution in [-0.4, -0.2) is 23.3 Å². The zero-order chi connectivity index (χ0) is 20.1. The number of hydrogen-bond donors (Lipinski definition) is 1. The number of allylic oxidation sites excluding steroid dienone is 4. The average Bonchev–Trinajstić information content (AvgIpc) is 2.69. The summed E-state index contributed by atoms with van der Waals surface area (Å²) in [5, 5.41) is 9.80. The van der Waals surface area contributed by atoms with Crippen LogP contribution in [0.15, 0.2) is 77.4 Å². The summed E-state index contributed by atoms with van der Waals surface area (Å²) in [6, 6.07) is 17.3. The van der Waals surface area contributed by atoms with Crippen LogP contribution < -0.4 is 0 Å². The van der Waals surface area contributed by atoms with Crippen LogP contribution in [0.2, 0.25) is 0 Å². The van der Waals surface area contributed by atoms with Gasteiger partial charge in [-0.2, -0.15) is 0 Å². The molecule has 0 heterocycles. The van der Waals surface area contributed by atoms with Gasteiger partial charge in [0.25, 0.3) is 0 Å². The minimum atomic E-state index is -0.104. The highest BCUT2D eigenvalue weighted by molar-refractivity contribution is 6.01. The standard InChI is InChI=1S/C25H26O3/c1-17-14-18(2)22(25(28)15-17)12-13-24(27)21-10-8-20(9-11-21)23(16-26)19-6-4-3-5-7-19/h3-11,14,23,26H,12-13,15-16H2,1-2H3. The van der Waals surface area contributed by atoms with Crippen molar-refractivity contribution in [3.8, 4) is 0 Å². The molecule has 2 aromatic rings. The molecule has 0 aromatic heterocycles. The summed E-state index contributed by atoms with van der Waals surface area (Å²) in [7, 11) is 0. The van der Waals surface area contributed by atoms with Gasteiger partial charge in [-0.1, -0.05) is 66.2 Å². The average molecular weight is 374 g/mol. The van der Waals surface area contributed by atoms with Gasteiger partial charge in [0.15, 0.2) is 11.6 Å². The van der Waals surface area contributed by atoms with E-state index in [1.54, 1.807) is 0 Å². The van der Waals surface area contributed by atoms with Gasteiger partial charge >= 0.3 is 0 Å². The Kier molecular flexibility index (Phi) is 6.37. The quantitative estimate of drug-likeness (QED) is 0.693. The summed E-state index contributed by atoms with van der Waals surface area (Å²) in [4.78, 5) is 24.8. The molecule has 144 valence electrons. The van der Waals surface area contributed by atoms with Gasteiger partial charge in [0.1, 0.15) is 0 Å². The SMILES string of the molecule is CC1=CC(C)=C(CCC(=O)c2ccc(C(CO)c3ccccc3)cc2)C(=O)C1. The number of hydrogen-bond acceptors (Lipinski definition) is 3. The molecule has 1 aliphatic carbocycles. The smallest absolute Gasteiger partial charge is 0.163 e. The largest absolute Gasteiger partial charge is 0.395 e. The van der Waals surface area contributed by atoms with Gasteiger partial charge in [-0.3, -0.25) is 9.59 Å². The first kappa shape index (κ1) is 20.0. The summed E-state index contributed by atoms with van der Waals surface area (Å²) < 4.78 is 0. The molecule has 0 aliphatic heterocycles. The van der Waals surface area contributed by atoms with Crippen LogP contribution in [0.4, 0.5) is 0 Å². The van der Waals surface area contributed by atoms with E-state index in [2.05, 4.69) is 0 Å². The van der Waals surface area contributed by atoms with Crippen molar-refractivity contribution in [2.45, 2.75) is 39.0 Å². The van der Waals surface area contributed by atoms with Crippen molar-refractivity contribution in [1.82, 2.24) is 0 Å². The topological polar surface area (TPSA) is 54.4 Å². The highest BCUT2D eigenvalue weighted by atomic mass is 16.3. The van der Waals surface area contributed by atoms with Gasteiger partial charge in [-0.25, -0.2) is 0 Å². The van der Waals surface area contributed by atoms with Gasteiger partial charge in [0, 0.05) is 24.3 Å². The number of aliphatic hydroxyl groups is 1. The van der Waals surface area contributed by atoms with Crippen molar-refractivity contribution in [2.75, 3.05) is 6.61 Å². The Labute approximate surface area is 166 Å². The Bertz CT molecular complexity index is 918. The number of benzene rings is 2. The number of Topliss-reactive ketones (excluding diaryl/α,β-unsaturated/α-hetero) is 2. The lowest BCUT2D eigenvalue weighted by Gasteiger charge is -2.16. The first-order chi connectivity index (χ1) is 13.5. The second-order valence-electron chi connectivity index (χ2n) is 7.44. The van der Waals surface area contributed by atoms with Crippen molar-refractivity contribution >= 4 is 11.6 Å². The van der Waals surface area contributed by atoms with Crippen molar-refractivity contribution in [1.29, 1.82) is 0 Å². The van der Waals surface area contributed by atoms with E-state index in [4.69, 9.17) is 0 Å². The monoisotopic (exact) mass is 374 g/mol. The van der Waals surface area contributed by atoms with E-state index in [9.17, 15) is 14.7 Å². The maximum absolute atomic E-state index is 12.6. The number of ketones is 2. The molecular formula is C25H26O3. The molecule has 0 radical (unpaired) electrons. The molecule has 0 bridgehead atoms. The van der Waals surface area contributed by atoms with Crippen molar-refractivity contribution in [2.24, 2.45) is 0 Å². The first-order valence-electron chi connectivity index (χ1n) is 9.68. The second-order valence-corrected chi connectivity index (χ2v) is 7.44. The zero-order valence-electron chi connectivity index (χ0n) is 16.4. The van der Waals surface area contributed by atoms with E-state index in [0.717, 1.165) is 27.8 Å². The third kappa shape index (κ3) is 4.55. The summed E-state index contributed by atoms with van der Waals surface area (Å²) in [5.74, 6) is 0.0634. The molecule has 1 aliphatic rings. The Morgan fingerprint density at radius 1 is 1.00 bits per heavy atom. The van der Waals surface area contributed by atoms with Crippen LogP contribution >= 0.6 is 0 Å². The van der Waals surface area contributed by atoms with E-state index in [1.165, 1.54) is 0 Å². The maximum atomic E-state index is 12.6. The minimum absolute atomic E-state index is 0.0137. The van der Waals surface area contributed by atoms with Gasteiger partial charge in [-0.05, 0) is 42.5 Å². The molecule has 0 saturated carbocycles. The second kappa shape index (κ2) is 8.94. The molecule has 0 amide bonds. The summed E-state index contributed by atoms with van der Waals surface area (Å²) in [5.41, 5.74) is 5.50. The van der Waals surface area contributed by atoms with Crippen molar-refractivity contribution < 1.29 is 14.7 Å². The number of carbonyl (C=O) groups is 2. The molecule has 1 N–H and O–H groups in total. The van der Waals surface area contributed by atoms with Gasteiger partial charge < -0.3 is 5.11 Å². The lowest BCUT2D eigenvalue weighted by Crippen LogP contribution is -2.11. The van der Waals surface area contributed by atoms with E-state index in [1.807, 2.05) is 74.5 Å². The Morgan fingerprint density at radius 3 is 2.25 bits per heavy atom. The molecular weight excluding hydrogens is 348 g/mol.